The lowest BCUT2D eigenvalue weighted by Gasteiger charge is -2.31. The number of unbranched alkanes of at least 4 members (excludes halogenated alkanes) is 13. The quantitative estimate of drug-likeness (QED) is 0.0352. The number of halogens is 8. The SMILES string of the molecule is CCCCCCCCCC[C@H]1CC[C@H](c2c(C(=O)O)cccc2-c2ccc(SC(F)F)c(F)c2F)CC1.CCCCCCCCC[C@H]1CC[C@H](c2c(C(=O)O)cccc2-c2ccc(SC(F)F)c(F)c2F)CC1. The Morgan fingerprint density at radius 2 is 0.781 bits per heavy atom. The maximum atomic E-state index is 15.0. The molecule has 4 nitrogen and oxygen atoms in total. The van der Waals surface area contributed by atoms with Gasteiger partial charge in [0, 0.05) is 11.1 Å². The molecule has 0 spiro atoms. The summed E-state index contributed by atoms with van der Waals surface area (Å²) in [5.74, 6) is -12.0. The van der Waals surface area contributed by atoms with Gasteiger partial charge >= 0.3 is 11.9 Å². The van der Waals surface area contributed by atoms with Gasteiger partial charge in [0.15, 0.2) is 23.3 Å². The predicted octanol–water partition coefficient (Wildman–Crippen LogP) is 20.5. The minimum Gasteiger partial charge on any atom is -0.478 e. The van der Waals surface area contributed by atoms with Gasteiger partial charge in [-0.15, -0.1) is 0 Å². The largest absolute Gasteiger partial charge is 0.478 e. The van der Waals surface area contributed by atoms with Gasteiger partial charge in [-0.25, -0.2) is 27.2 Å². The van der Waals surface area contributed by atoms with Gasteiger partial charge in [0.1, 0.15) is 0 Å². The molecule has 73 heavy (non-hydrogen) atoms. The number of aromatic carboxylic acids is 2. The van der Waals surface area contributed by atoms with Crippen LogP contribution in [0.1, 0.15) is 218 Å². The average Bonchev–Trinajstić information content (AvgIpc) is 3.37. The van der Waals surface area contributed by atoms with E-state index in [-0.39, 0.29) is 57.6 Å². The Kier molecular flexibility index (Phi) is 25.5. The molecule has 0 unspecified atom stereocenters. The van der Waals surface area contributed by atoms with Gasteiger partial charge in [0.25, 0.3) is 11.5 Å². The third-order valence-electron chi connectivity index (χ3n) is 15.0. The van der Waals surface area contributed by atoms with Crippen molar-refractivity contribution in [1.29, 1.82) is 0 Å². The smallest absolute Gasteiger partial charge is 0.335 e. The molecule has 2 saturated carbocycles. The molecule has 14 heteroatoms. The highest BCUT2D eigenvalue weighted by Crippen LogP contribution is 2.46. The summed E-state index contributed by atoms with van der Waals surface area (Å²) in [6.45, 7) is 4.44. The summed E-state index contributed by atoms with van der Waals surface area (Å²) in [5.41, 5.74) is 1.71. The van der Waals surface area contributed by atoms with Crippen molar-refractivity contribution < 1.29 is 54.9 Å². The Balaban J connectivity index is 0.000000271. The second kappa shape index (κ2) is 31.1. The fraction of sp³-hybridized carbons (Fsp3) is 0.559. The zero-order valence-electron chi connectivity index (χ0n) is 42.5. The van der Waals surface area contributed by atoms with Crippen LogP contribution in [-0.4, -0.2) is 33.7 Å². The zero-order chi connectivity index (χ0) is 52.9. The topological polar surface area (TPSA) is 74.6 Å². The van der Waals surface area contributed by atoms with Crippen LogP contribution in [0.15, 0.2) is 70.5 Å². The maximum absolute atomic E-state index is 15.0. The predicted molar refractivity (Wildman–Crippen MR) is 280 cm³/mol. The van der Waals surface area contributed by atoms with Crippen LogP contribution in [0.2, 0.25) is 0 Å². The third-order valence-corrected chi connectivity index (χ3v) is 16.5. The van der Waals surface area contributed by atoms with E-state index in [0.717, 1.165) is 63.5 Å². The third kappa shape index (κ3) is 17.8. The van der Waals surface area contributed by atoms with Gasteiger partial charge in [0.2, 0.25) is 0 Å². The molecule has 2 fully saturated rings. The van der Waals surface area contributed by atoms with Crippen LogP contribution in [-0.2, 0) is 0 Å². The molecule has 0 heterocycles. The van der Waals surface area contributed by atoms with Crippen molar-refractivity contribution in [1.82, 2.24) is 0 Å². The summed E-state index contributed by atoms with van der Waals surface area (Å²) in [5, 5.41) is 19.7. The van der Waals surface area contributed by atoms with Crippen LogP contribution in [0, 0.1) is 35.1 Å². The van der Waals surface area contributed by atoms with Crippen LogP contribution < -0.4 is 0 Å². The molecule has 0 bridgehead atoms. The highest BCUT2D eigenvalue weighted by molar-refractivity contribution is 7.99. The number of carboxylic acids is 2. The molecule has 0 aromatic heterocycles. The second-order valence-electron chi connectivity index (χ2n) is 20.0. The molecule has 0 amide bonds. The van der Waals surface area contributed by atoms with E-state index in [4.69, 9.17) is 0 Å². The number of thioether (sulfide) groups is 2. The summed E-state index contributed by atoms with van der Waals surface area (Å²) in [4.78, 5) is 23.2. The van der Waals surface area contributed by atoms with Gasteiger partial charge in [0.05, 0.1) is 20.9 Å². The molecule has 2 aliphatic carbocycles. The molecule has 4 aromatic carbocycles. The minimum atomic E-state index is -2.87. The minimum absolute atomic E-state index is 0.0453. The van der Waals surface area contributed by atoms with Crippen molar-refractivity contribution in [2.45, 2.75) is 208 Å². The monoisotopic (exact) mass is 1060 g/mol. The van der Waals surface area contributed by atoms with E-state index in [0.29, 0.717) is 34.1 Å². The number of alkyl halides is 4. The van der Waals surface area contributed by atoms with Crippen molar-refractivity contribution in [3.63, 3.8) is 0 Å². The number of hydrogen-bond acceptors (Lipinski definition) is 4. The Labute approximate surface area is 436 Å². The van der Waals surface area contributed by atoms with Crippen molar-refractivity contribution in [2.24, 2.45) is 11.8 Å². The first-order chi connectivity index (χ1) is 35.2. The summed E-state index contributed by atoms with van der Waals surface area (Å²) in [6.07, 6.45) is 28.7. The molecule has 6 rings (SSSR count). The van der Waals surface area contributed by atoms with E-state index in [1.807, 2.05) is 0 Å². The standard InChI is InChI=1S/C30H38F4O2S.C29H36F4O2S/c1-2-3-4-5-6-7-8-9-11-20-14-16-21(17-15-20)26-22(12-10-13-24(26)29(35)36)23-18-19-25(37-30(33)34)28(32)27(23)31;1-2-3-4-5-6-7-8-10-19-13-15-20(16-14-19)25-21(11-9-12-23(25)28(34)35)22-17-18-24(36-29(32)33)27(31)26(22)30/h10,12-13,18-21,30H,2-9,11,14-17H2,1H3,(H,35,36);9,11-12,17-20,29H,2-8,10,13-16H2,1H3,(H,34,35)/t20-,21-;19-,20-. The number of benzene rings is 4. The summed E-state index contributed by atoms with van der Waals surface area (Å²) in [6, 6.07) is 14.1. The fourth-order valence-corrected chi connectivity index (χ4v) is 12.2. The molecule has 2 N–H and O–H groups in total. The van der Waals surface area contributed by atoms with E-state index in [9.17, 15) is 46.1 Å². The molecule has 0 radical (unpaired) electrons. The van der Waals surface area contributed by atoms with E-state index in [1.54, 1.807) is 12.1 Å². The van der Waals surface area contributed by atoms with Crippen LogP contribution in [0.3, 0.4) is 0 Å². The van der Waals surface area contributed by atoms with Crippen molar-refractivity contribution >= 4 is 35.5 Å². The van der Waals surface area contributed by atoms with Crippen molar-refractivity contribution in [3.05, 3.63) is 106 Å². The molecule has 0 aliphatic heterocycles. The van der Waals surface area contributed by atoms with Crippen LogP contribution >= 0.6 is 23.5 Å². The van der Waals surface area contributed by atoms with Crippen LogP contribution in [0.4, 0.5) is 35.1 Å². The molecule has 0 saturated heterocycles. The Morgan fingerprint density at radius 1 is 0.452 bits per heavy atom. The van der Waals surface area contributed by atoms with Crippen molar-refractivity contribution in [3.8, 4) is 22.3 Å². The zero-order valence-corrected chi connectivity index (χ0v) is 44.1. The first-order valence-electron chi connectivity index (χ1n) is 26.7. The van der Waals surface area contributed by atoms with Crippen molar-refractivity contribution in [2.75, 3.05) is 0 Å². The van der Waals surface area contributed by atoms with E-state index in [1.165, 1.54) is 146 Å². The normalized spacial score (nSPS) is 18.0. The van der Waals surface area contributed by atoms with Gasteiger partial charge in [-0.3, -0.25) is 0 Å². The Morgan fingerprint density at radius 3 is 1.10 bits per heavy atom. The fourth-order valence-electron chi connectivity index (χ4n) is 11.1. The first kappa shape index (κ1) is 59.8. The summed E-state index contributed by atoms with van der Waals surface area (Å²) in [7, 11) is 0. The lowest BCUT2D eigenvalue weighted by Crippen LogP contribution is -2.17. The average molecular weight is 1060 g/mol. The molecule has 4 aromatic rings. The van der Waals surface area contributed by atoms with Gasteiger partial charge in [-0.2, -0.15) is 17.6 Å². The maximum Gasteiger partial charge on any atom is 0.335 e. The summed E-state index contributed by atoms with van der Waals surface area (Å²) < 4.78 is 110. The first-order valence-corrected chi connectivity index (χ1v) is 28.5. The highest BCUT2D eigenvalue weighted by Gasteiger charge is 2.32. The molecule has 0 atom stereocenters. The van der Waals surface area contributed by atoms with Gasteiger partial charge in [-0.1, -0.05) is 183 Å². The van der Waals surface area contributed by atoms with Crippen LogP contribution in [0.25, 0.3) is 22.3 Å². The van der Waals surface area contributed by atoms with Crippen LogP contribution in [0.5, 0.6) is 0 Å². The molecular weight excluding hydrogens is 989 g/mol. The number of carboxylic acid groups (broad SMARTS) is 2. The second-order valence-corrected chi connectivity index (χ2v) is 22.1. The van der Waals surface area contributed by atoms with Gasteiger partial charge < -0.3 is 10.2 Å². The van der Waals surface area contributed by atoms with E-state index in [2.05, 4.69) is 13.8 Å². The Hall–Kier alpha value is -4.04. The van der Waals surface area contributed by atoms with E-state index >= 15 is 8.78 Å². The molecule has 2 aliphatic rings. The molecular formula is C59H74F8O4S2. The Bertz CT molecular complexity index is 2350. The lowest BCUT2D eigenvalue weighted by atomic mass is 9.74. The van der Waals surface area contributed by atoms with Gasteiger partial charge in [-0.05, 0) is 122 Å². The van der Waals surface area contributed by atoms with E-state index < -0.39 is 56.5 Å². The molecule has 402 valence electrons. The lowest BCUT2D eigenvalue weighted by molar-refractivity contribution is 0.0683. The summed E-state index contributed by atoms with van der Waals surface area (Å²) >= 11 is -0.0915. The number of rotatable bonds is 27. The number of carbonyl (C=O) groups is 2. The highest BCUT2D eigenvalue weighted by atomic mass is 32.2. The number of hydrogen-bond donors (Lipinski definition) is 2.